The number of nitrogens with zero attached hydrogens (tertiary/aromatic N) is 3. The van der Waals surface area contributed by atoms with Crippen LogP contribution in [0.25, 0.3) is 0 Å². The molecule has 2 rings (SSSR count). The van der Waals surface area contributed by atoms with Gasteiger partial charge in [-0.2, -0.15) is 0 Å². The molecular formula is C13H22N4O3S. The number of nitrogens with two attached hydrogens (primary N) is 1. The topological polar surface area (TPSA) is 109 Å². The summed E-state index contributed by atoms with van der Waals surface area (Å²) in [5.74, 6) is -0.492. The van der Waals surface area contributed by atoms with E-state index in [1.807, 2.05) is 0 Å². The van der Waals surface area contributed by atoms with Crippen molar-refractivity contribution in [3.8, 4) is 0 Å². The monoisotopic (exact) mass is 314 g/mol. The predicted octanol–water partition coefficient (Wildman–Crippen LogP) is 1.10. The first-order valence-corrected chi connectivity index (χ1v) is 7.66. The molecular weight excluding hydrogens is 292 g/mol. The zero-order valence-electron chi connectivity index (χ0n) is 12.4. The minimum absolute atomic E-state index is 0.0477. The van der Waals surface area contributed by atoms with Gasteiger partial charge in [-0.25, -0.2) is 0 Å². The summed E-state index contributed by atoms with van der Waals surface area (Å²) < 4.78 is 0. The molecule has 0 unspecified atom stereocenters. The molecule has 3 N–H and O–H groups in total. The second-order valence-corrected chi connectivity index (χ2v) is 6.54. The van der Waals surface area contributed by atoms with Gasteiger partial charge in [-0.05, 0) is 38.9 Å². The summed E-state index contributed by atoms with van der Waals surface area (Å²) in [6.45, 7) is 7.54. The average Bonchev–Trinajstić information content (AvgIpc) is 3.09. The van der Waals surface area contributed by atoms with Crippen LogP contribution in [0.1, 0.15) is 47.9 Å². The zero-order valence-corrected chi connectivity index (χ0v) is 13.2. The normalized spacial score (nSPS) is 15.3. The Balaban J connectivity index is 0.000000677. The van der Waals surface area contributed by atoms with Crippen LogP contribution in [0.4, 0.5) is 0 Å². The summed E-state index contributed by atoms with van der Waals surface area (Å²) in [6, 6.07) is 0. The van der Waals surface area contributed by atoms with Crippen molar-refractivity contribution in [2.45, 2.75) is 38.5 Å². The van der Waals surface area contributed by atoms with Crippen LogP contribution in [0.15, 0.2) is 0 Å². The van der Waals surface area contributed by atoms with Crippen LogP contribution in [0.3, 0.4) is 0 Å². The molecule has 8 heteroatoms. The van der Waals surface area contributed by atoms with Gasteiger partial charge in [0.1, 0.15) is 5.01 Å². The fourth-order valence-electron chi connectivity index (χ4n) is 2.15. The Morgan fingerprint density at radius 1 is 1.43 bits per heavy atom. The van der Waals surface area contributed by atoms with Crippen molar-refractivity contribution < 1.29 is 14.7 Å². The number of primary amides is 1. The molecule has 0 saturated carbocycles. The summed E-state index contributed by atoms with van der Waals surface area (Å²) in [6.07, 6.45) is 3.65. The lowest BCUT2D eigenvalue weighted by Gasteiger charge is -2.24. The molecule has 1 aromatic heterocycles. The molecule has 1 amide bonds. The van der Waals surface area contributed by atoms with Crippen molar-refractivity contribution in [2.75, 3.05) is 19.6 Å². The van der Waals surface area contributed by atoms with E-state index in [0.29, 0.717) is 5.01 Å². The highest BCUT2D eigenvalue weighted by Crippen LogP contribution is 2.30. The van der Waals surface area contributed by atoms with Gasteiger partial charge in [0, 0.05) is 5.41 Å². The van der Waals surface area contributed by atoms with Crippen LogP contribution in [0.2, 0.25) is 0 Å². The van der Waals surface area contributed by atoms with E-state index in [4.69, 9.17) is 15.6 Å². The van der Waals surface area contributed by atoms with Gasteiger partial charge >= 0.3 is 0 Å². The third-order valence-corrected chi connectivity index (χ3v) is 4.77. The van der Waals surface area contributed by atoms with E-state index in [1.165, 1.54) is 37.3 Å². The lowest BCUT2D eigenvalue weighted by molar-refractivity contribution is -0.122. The van der Waals surface area contributed by atoms with Gasteiger partial charge in [-0.15, -0.1) is 10.2 Å². The highest BCUT2D eigenvalue weighted by molar-refractivity contribution is 7.13. The molecule has 21 heavy (non-hydrogen) atoms. The van der Waals surface area contributed by atoms with Crippen LogP contribution in [-0.2, 0) is 10.2 Å². The largest absolute Gasteiger partial charge is 0.483 e. The van der Waals surface area contributed by atoms with Crippen LogP contribution in [0, 0.1) is 0 Å². The van der Waals surface area contributed by atoms with Crippen molar-refractivity contribution in [3.05, 3.63) is 10.0 Å². The summed E-state index contributed by atoms with van der Waals surface area (Å²) in [4.78, 5) is 21.9. The quantitative estimate of drug-likeness (QED) is 0.788. The van der Waals surface area contributed by atoms with Gasteiger partial charge in [-0.3, -0.25) is 9.59 Å². The van der Waals surface area contributed by atoms with Gasteiger partial charge in [0.05, 0.1) is 0 Å². The molecule has 0 aromatic carbocycles. The van der Waals surface area contributed by atoms with Crippen molar-refractivity contribution in [1.82, 2.24) is 15.1 Å². The Labute approximate surface area is 128 Å². The van der Waals surface area contributed by atoms with Crippen LogP contribution >= 0.6 is 11.3 Å². The third kappa shape index (κ3) is 5.39. The molecule has 1 saturated heterocycles. The van der Waals surface area contributed by atoms with Gasteiger partial charge in [0.2, 0.25) is 5.01 Å². The molecule has 2 heterocycles. The van der Waals surface area contributed by atoms with Gasteiger partial charge in [0.15, 0.2) is 0 Å². The summed E-state index contributed by atoms with van der Waals surface area (Å²) >= 11 is 1.32. The molecule has 7 nitrogen and oxygen atoms in total. The Bertz CT molecular complexity index is 470. The Morgan fingerprint density at radius 3 is 2.48 bits per heavy atom. The van der Waals surface area contributed by atoms with E-state index in [2.05, 4.69) is 28.9 Å². The molecule has 0 atom stereocenters. The van der Waals surface area contributed by atoms with Gasteiger partial charge in [-0.1, -0.05) is 25.2 Å². The second-order valence-electron chi connectivity index (χ2n) is 5.56. The minimum atomic E-state index is -0.492. The number of aromatic nitrogens is 2. The van der Waals surface area contributed by atoms with Crippen LogP contribution < -0.4 is 5.73 Å². The number of hydrogen-bond acceptors (Lipinski definition) is 6. The highest BCUT2D eigenvalue weighted by Gasteiger charge is 2.27. The SMILES string of the molecule is CC(C)(CCN1CCCC1)c1nnc(C(N)=O)s1.O=CO. The molecule has 1 aliphatic heterocycles. The van der Waals surface area contributed by atoms with E-state index in [9.17, 15) is 4.79 Å². The highest BCUT2D eigenvalue weighted by atomic mass is 32.1. The van der Waals surface area contributed by atoms with Crippen molar-refractivity contribution in [3.63, 3.8) is 0 Å². The first-order valence-electron chi connectivity index (χ1n) is 6.84. The molecule has 1 aliphatic rings. The van der Waals surface area contributed by atoms with E-state index in [-0.39, 0.29) is 11.9 Å². The van der Waals surface area contributed by atoms with Crippen LogP contribution in [-0.4, -0.2) is 52.2 Å². The predicted molar refractivity (Wildman–Crippen MR) is 80.4 cm³/mol. The summed E-state index contributed by atoms with van der Waals surface area (Å²) in [7, 11) is 0. The Kier molecular flexibility index (Phi) is 6.70. The van der Waals surface area contributed by atoms with Crippen molar-refractivity contribution >= 4 is 23.7 Å². The first kappa shape index (κ1) is 17.5. The van der Waals surface area contributed by atoms with Crippen LogP contribution in [0.5, 0.6) is 0 Å². The van der Waals surface area contributed by atoms with E-state index >= 15 is 0 Å². The number of carboxylic acid groups (broad SMARTS) is 1. The third-order valence-electron chi connectivity index (χ3n) is 3.47. The van der Waals surface area contributed by atoms with E-state index < -0.39 is 5.91 Å². The maximum atomic E-state index is 11.0. The first-order chi connectivity index (χ1) is 9.90. The zero-order chi connectivity index (χ0) is 15.9. The molecule has 0 bridgehead atoms. The Hall–Kier alpha value is -1.54. The molecule has 0 radical (unpaired) electrons. The number of carbonyl (C=O) groups is 2. The lowest BCUT2D eigenvalue weighted by atomic mass is 9.90. The van der Waals surface area contributed by atoms with Gasteiger partial charge in [0.25, 0.3) is 12.4 Å². The molecule has 118 valence electrons. The number of rotatable bonds is 5. The van der Waals surface area contributed by atoms with Crippen molar-refractivity contribution in [1.29, 1.82) is 0 Å². The molecule has 1 aromatic rings. The number of amides is 1. The molecule has 0 spiro atoms. The number of hydrogen-bond donors (Lipinski definition) is 2. The fraction of sp³-hybridized carbons (Fsp3) is 0.692. The van der Waals surface area contributed by atoms with Gasteiger partial charge < -0.3 is 15.7 Å². The summed E-state index contributed by atoms with van der Waals surface area (Å²) in [5.41, 5.74) is 5.16. The number of carbonyl (C=O) groups excluding carboxylic acids is 1. The molecule has 0 aliphatic carbocycles. The molecule has 1 fully saturated rings. The van der Waals surface area contributed by atoms with Crippen molar-refractivity contribution in [2.24, 2.45) is 5.73 Å². The van der Waals surface area contributed by atoms with E-state index in [0.717, 1.165) is 18.0 Å². The maximum Gasteiger partial charge on any atom is 0.290 e. The fourth-order valence-corrected chi connectivity index (χ4v) is 2.97. The minimum Gasteiger partial charge on any atom is -0.483 e. The smallest absolute Gasteiger partial charge is 0.290 e. The summed E-state index contributed by atoms with van der Waals surface area (Å²) in [5, 5.41) is 16.0. The standard InChI is InChI=1S/C12H20N4OS.CH2O2/c1-12(2,5-8-16-6-3-4-7-16)11-15-14-10(18-11)9(13)17;2-1-3/h3-8H2,1-2H3,(H2,13,17);1H,(H,2,3). The Morgan fingerprint density at radius 2 is 2.00 bits per heavy atom. The number of likely N-dealkylation sites (tertiary alicyclic amines) is 1. The van der Waals surface area contributed by atoms with E-state index in [1.54, 1.807) is 0 Å². The lowest BCUT2D eigenvalue weighted by Crippen LogP contribution is -2.27. The average molecular weight is 314 g/mol. The second kappa shape index (κ2) is 8.04. The maximum absolute atomic E-state index is 11.0.